The van der Waals surface area contributed by atoms with E-state index in [1.165, 1.54) is 5.56 Å². The predicted octanol–water partition coefficient (Wildman–Crippen LogP) is 5.30. The minimum Gasteiger partial charge on any atom is -0.244 e. The fourth-order valence-corrected chi connectivity index (χ4v) is 5.48. The summed E-state index contributed by atoms with van der Waals surface area (Å²) in [5.74, 6) is 0.630. The van der Waals surface area contributed by atoms with Gasteiger partial charge in [0.15, 0.2) is 0 Å². The molecule has 0 fully saturated rings. The van der Waals surface area contributed by atoms with Gasteiger partial charge in [-0.1, -0.05) is 66.2 Å². The first-order valence-electron chi connectivity index (χ1n) is 8.11. The Kier molecular flexibility index (Phi) is 3.73. The quantitative estimate of drug-likeness (QED) is 0.626. The van der Waals surface area contributed by atoms with Crippen molar-refractivity contribution in [3.8, 4) is 0 Å². The molecule has 3 heteroatoms. The third-order valence-electron chi connectivity index (χ3n) is 4.54. The van der Waals surface area contributed by atoms with Crippen LogP contribution in [-0.4, -0.2) is 9.96 Å². The zero-order chi connectivity index (χ0) is 16.6. The molecule has 0 amide bonds. The summed E-state index contributed by atoms with van der Waals surface area (Å²) in [6.45, 7) is 2.04. The van der Waals surface area contributed by atoms with Crippen LogP contribution in [0.2, 0.25) is 0 Å². The molecule has 0 aromatic heterocycles. The second-order valence-corrected chi connectivity index (χ2v) is 8.50. The summed E-state index contributed by atoms with van der Waals surface area (Å²) in [6, 6.07) is 26.3. The highest BCUT2D eigenvalue weighted by Crippen LogP contribution is 2.40. The van der Waals surface area contributed by atoms with E-state index in [0.29, 0.717) is 5.75 Å². The van der Waals surface area contributed by atoms with Crippen molar-refractivity contribution in [3.63, 3.8) is 0 Å². The van der Waals surface area contributed by atoms with Gasteiger partial charge in [-0.05, 0) is 36.2 Å². The molecule has 24 heavy (non-hydrogen) atoms. The van der Waals surface area contributed by atoms with Gasteiger partial charge >= 0.3 is 0 Å². The SMILES string of the molecule is Cc1ccc([S@]2(=O)=Nc3ccccc3[C@H](c3ccccc3)C2)cc1. The molecule has 120 valence electrons. The van der Waals surface area contributed by atoms with E-state index in [4.69, 9.17) is 0 Å². The number of aryl methyl sites for hydroxylation is 1. The Morgan fingerprint density at radius 1 is 0.875 bits per heavy atom. The van der Waals surface area contributed by atoms with Crippen molar-refractivity contribution in [2.75, 3.05) is 5.75 Å². The standard InChI is InChI=1S/C21H19NOS/c1-16-11-13-18(14-12-16)24(23)15-20(17-7-3-2-4-8-17)19-9-5-6-10-21(19)22-24/h2-14,20H,15H2,1H3/t20-,24-/m0/s1. The highest BCUT2D eigenvalue weighted by Gasteiger charge is 2.29. The van der Waals surface area contributed by atoms with Crippen molar-refractivity contribution in [2.45, 2.75) is 17.7 Å². The first-order chi connectivity index (χ1) is 11.7. The van der Waals surface area contributed by atoms with Crippen LogP contribution in [-0.2, 0) is 9.73 Å². The maximum absolute atomic E-state index is 13.7. The summed E-state index contributed by atoms with van der Waals surface area (Å²) < 4.78 is 18.4. The van der Waals surface area contributed by atoms with Crippen molar-refractivity contribution in [3.05, 3.63) is 95.6 Å². The van der Waals surface area contributed by atoms with Crippen LogP contribution in [0.1, 0.15) is 22.6 Å². The van der Waals surface area contributed by atoms with E-state index in [2.05, 4.69) is 22.6 Å². The predicted molar refractivity (Wildman–Crippen MR) is 99.3 cm³/mol. The molecule has 1 heterocycles. The van der Waals surface area contributed by atoms with Crippen LogP contribution in [0.15, 0.2) is 88.1 Å². The van der Waals surface area contributed by atoms with Gasteiger partial charge < -0.3 is 0 Å². The number of benzene rings is 3. The fourth-order valence-electron chi connectivity index (χ4n) is 3.24. The molecular formula is C21H19NOS. The third kappa shape index (κ3) is 2.65. The van der Waals surface area contributed by atoms with Crippen molar-refractivity contribution < 1.29 is 4.21 Å². The van der Waals surface area contributed by atoms with Gasteiger partial charge in [-0.25, -0.2) is 4.21 Å². The van der Waals surface area contributed by atoms with E-state index in [1.54, 1.807) is 0 Å². The number of fused-ring (bicyclic) bond motifs is 1. The average molecular weight is 333 g/mol. The number of hydrogen-bond acceptors (Lipinski definition) is 2. The van der Waals surface area contributed by atoms with Crippen LogP contribution in [0.4, 0.5) is 5.69 Å². The Morgan fingerprint density at radius 2 is 1.54 bits per heavy atom. The van der Waals surface area contributed by atoms with E-state index in [0.717, 1.165) is 21.7 Å². The van der Waals surface area contributed by atoms with Crippen LogP contribution in [0.5, 0.6) is 0 Å². The van der Waals surface area contributed by atoms with Crippen molar-refractivity contribution >= 4 is 15.4 Å². The molecule has 1 aliphatic rings. The summed E-state index contributed by atoms with van der Waals surface area (Å²) in [5, 5.41) is 0. The minimum absolute atomic E-state index is 0.105. The lowest BCUT2D eigenvalue weighted by atomic mass is 9.92. The zero-order valence-corrected chi connectivity index (χ0v) is 14.4. The summed E-state index contributed by atoms with van der Waals surface area (Å²) in [7, 11) is -2.47. The Labute approximate surface area is 143 Å². The molecule has 4 rings (SSSR count). The molecule has 0 N–H and O–H groups in total. The molecule has 3 aromatic carbocycles. The van der Waals surface area contributed by atoms with Crippen LogP contribution in [0.3, 0.4) is 0 Å². The second kappa shape index (κ2) is 5.91. The van der Waals surface area contributed by atoms with Crippen LogP contribution < -0.4 is 0 Å². The van der Waals surface area contributed by atoms with Crippen molar-refractivity contribution in [1.82, 2.24) is 0 Å². The Hall–Kier alpha value is -2.39. The van der Waals surface area contributed by atoms with Gasteiger partial charge in [-0.2, -0.15) is 4.36 Å². The summed E-state index contributed by atoms with van der Waals surface area (Å²) in [4.78, 5) is 0.823. The molecule has 0 saturated carbocycles. The lowest BCUT2D eigenvalue weighted by Gasteiger charge is -2.26. The normalized spacial score (nSPS) is 22.5. The average Bonchev–Trinajstić information content (AvgIpc) is 2.62. The molecule has 0 bridgehead atoms. The summed E-state index contributed by atoms with van der Waals surface area (Å²) >= 11 is 0. The monoisotopic (exact) mass is 333 g/mol. The molecule has 0 radical (unpaired) electrons. The van der Waals surface area contributed by atoms with E-state index < -0.39 is 9.73 Å². The third-order valence-corrected chi connectivity index (χ3v) is 6.83. The summed E-state index contributed by atoms with van der Waals surface area (Å²) in [5.41, 5.74) is 4.37. The molecule has 2 nitrogen and oxygen atoms in total. The first-order valence-corrected chi connectivity index (χ1v) is 9.79. The van der Waals surface area contributed by atoms with Gasteiger partial charge in [0.25, 0.3) is 0 Å². The van der Waals surface area contributed by atoms with E-state index >= 15 is 0 Å². The van der Waals surface area contributed by atoms with Gasteiger partial charge in [-0.15, -0.1) is 0 Å². The first kappa shape index (κ1) is 15.2. The second-order valence-electron chi connectivity index (χ2n) is 6.23. The Morgan fingerprint density at radius 3 is 2.29 bits per heavy atom. The number of rotatable bonds is 2. The summed E-state index contributed by atoms with van der Waals surface area (Å²) in [6.07, 6.45) is 0. The van der Waals surface area contributed by atoms with E-state index in [9.17, 15) is 4.21 Å². The van der Waals surface area contributed by atoms with Gasteiger partial charge in [-0.3, -0.25) is 0 Å². The topological polar surface area (TPSA) is 29.4 Å². The Bertz CT molecular complexity index is 984. The molecule has 0 spiro atoms. The van der Waals surface area contributed by atoms with E-state index in [-0.39, 0.29) is 5.92 Å². The largest absolute Gasteiger partial charge is 0.244 e. The number of nitrogens with zero attached hydrogens (tertiary/aromatic N) is 1. The van der Waals surface area contributed by atoms with Gasteiger partial charge in [0.2, 0.25) is 0 Å². The van der Waals surface area contributed by atoms with Crippen molar-refractivity contribution in [2.24, 2.45) is 4.36 Å². The van der Waals surface area contributed by atoms with Gasteiger partial charge in [0, 0.05) is 16.6 Å². The van der Waals surface area contributed by atoms with Crippen LogP contribution >= 0.6 is 0 Å². The lowest BCUT2D eigenvalue weighted by Crippen LogP contribution is -2.19. The molecule has 1 aliphatic heterocycles. The molecule has 3 aromatic rings. The molecular weight excluding hydrogens is 314 g/mol. The molecule has 0 unspecified atom stereocenters. The minimum atomic E-state index is -2.47. The molecule has 0 aliphatic carbocycles. The highest BCUT2D eigenvalue weighted by atomic mass is 32.2. The lowest BCUT2D eigenvalue weighted by molar-refractivity contribution is 0.670. The van der Waals surface area contributed by atoms with Gasteiger partial charge in [0.05, 0.1) is 15.4 Å². The molecule has 0 saturated heterocycles. The smallest absolute Gasteiger partial charge is 0.0810 e. The Balaban J connectivity index is 1.91. The van der Waals surface area contributed by atoms with E-state index in [1.807, 2.05) is 67.6 Å². The number of hydrogen-bond donors (Lipinski definition) is 0. The van der Waals surface area contributed by atoms with Crippen LogP contribution in [0.25, 0.3) is 0 Å². The zero-order valence-electron chi connectivity index (χ0n) is 13.6. The molecule has 2 atom stereocenters. The maximum Gasteiger partial charge on any atom is 0.0810 e. The highest BCUT2D eigenvalue weighted by molar-refractivity contribution is 7.93. The van der Waals surface area contributed by atoms with Gasteiger partial charge in [0.1, 0.15) is 0 Å². The van der Waals surface area contributed by atoms with Crippen LogP contribution in [0, 0.1) is 6.92 Å². The van der Waals surface area contributed by atoms with Crippen molar-refractivity contribution in [1.29, 1.82) is 0 Å². The fraction of sp³-hybridized carbons (Fsp3) is 0.143. The maximum atomic E-state index is 13.7.